The Morgan fingerprint density at radius 3 is 2.09 bits per heavy atom. The molecule has 3 rings (SSSR count). The van der Waals surface area contributed by atoms with E-state index in [1.54, 1.807) is 6.07 Å². The third-order valence-electron chi connectivity index (χ3n) is 4.99. The van der Waals surface area contributed by atoms with Crippen LogP contribution in [0, 0.1) is 27.2 Å². The van der Waals surface area contributed by atoms with Crippen LogP contribution in [-0.2, 0) is 12.0 Å². The number of carbonyl (C=O) groups excluding carboxylic acids is 1. The summed E-state index contributed by atoms with van der Waals surface area (Å²) in [5, 5.41) is 24.8. The molecule has 1 amide bonds. The molecule has 0 radical (unpaired) electrons. The summed E-state index contributed by atoms with van der Waals surface area (Å²) in [6, 6.07) is 12.8. The SMILES string of the molecule is Cc1c([N+](=O)[O-])cc(NC(=O)c2ccc(COc3ccc(C(C)(C)C)cc3)o2)cc1[N+](=O)[O-]. The standard InChI is InChI=1S/C23H23N3O7/c1-14-19(25(28)29)11-16(12-20(14)26(30)31)24-22(27)21-10-9-18(33-21)13-32-17-7-5-15(6-8-17)23(2,3)4/h5-12H,13H2,1-4H3,(H,24,27). The van der Waals surface area contributed by atoms with Crippen molar-refractivity contribution in [3.63, 3.8) is 0 Å². The Balaban J connectivity index is 1.69. The van der Waals surface area contributed by atoms with Gasteiger partial charge >= 0.3 is 0 Å². The van der Waals surface area contributed by atoms with Gasteiger partial charge in [0.1, 0.15) is 23.7 Å². The summed E-state index contributed by atoms with van der Waals surface area (Å²) in [4.78, 5) is 33.4. The van der Waals surface area contributed by atoms with Crippen molar-refractivity contribution >= 4 is 23.0 Å². The minimum absolute atomic E-state index is 0.0279. The minimum Gasteiger partial charge on any atom is -0.486 e. The van der Waals surface area contributed by atoms with Crippen LogP contribution in [-0.4, -0.2) is 15.8 Å². The van der Waals surface area contributed by atoms with Crippen LogP contribution < -0.4 is 10.1 Å². The molecule has 0 bridgehead atoms. The molecule has 1 aromatic heterocycles. The summed E-state index contributed by atoms with van der Waals surface area (Å²) in [5.41, 5.74) is 0.0765. The van der Waals surface area contributed by atoms with Crippen LogP contribution in [0.3, 0.4) is 0 Å². The molecule has 2 aromatic carbocycles. The first-order valence-corrected chi connectivity index (χ1v) is 10.0. The largest absolute Gasteiger partial charge is 0.486 e. The van der Waals surface area contributed by atoms with Gasteiger partial charge in [0.2, 0.25) is 0 Å². The fourth-order valence-corrected chi connectivity index (χ4v) is 3.11. The highest BCUT2D eigenvalue weighted by molar-refractivity contribution is 6.02. The molecule has 0 aliphatic rings. The number of nitrogens with zero attached hydrogens (tertiary/aromatic N) is 2. The molecule has 0 aliphatic carbocycles. The van der Waals surface area contributed by atoms with Crippen LogP contribution in [0.5, 0.6) is 5.75 Å². The molecular formula is C23H23N3O7. The molecule has 1 N–H and O–H groups in total. The van der Waals surface area contributed by atoms with E-state index in [-0.39, 0.29) is 29.0 Å². The van der Waals surface area contributed by atoms with Crippen molar-refractivity contribution in [1.82, 2.24) is 0 Å². The van der Waals surface area contributed by atoms with Gasteiger partial charge in [-0.05, 0) is 42.2 Å². The van der Waals surface area contributed by atoms with Gasteiger partial charge < -0.3 is 14.5 Å². The Kier molecular flexibility index (Phi) is 6.47. The molecule has 10 heteroatoms. The maximum Gasteiger partial charge on any atom is 0.291 e. The molecule has 0 saturated carbocycles. The van der Waals surface area contributed by atoms with Gasteiger partial charge in [0.05, 0.1) is 15.5 Å². The number of rotatable bonds is 7. The second kappa shape index (κ2) is 9.11. The number of ether oxygens (including phenoxy) is 1. The molecule has 0 aliphatic heterocycles. The average Bonchev–Trinajstić information content (AvgIpc) is 3.22. The topological polar surface area (TPSA) is 138 Å². The number of hydrogen-bond donors (Lipinski definition) is 1. The Morgan fingerprint density at radius 2 is 1.58 bits per heavy atom. The van der Waals surface area contributed by atoms with Crippen molar-refractivity contribution in [2.45, 2.75) is 39.7 Å². The maximum absolute atomic E-state index is 12.5. The summed E-state index contributed by atoms with van der Waals surface area (Å²) in [7, 11) is 0. The lowest BCUT2D eigenvalue weighted by Crippen LogP contribution is -2.12. The molecule has 0 spiro atoms. The van der Waals surface area contributed by atoms with Gasteiger partial charge in [-0.3, -0.25) is 25.0 Å². The first-order valence-electron chi connectivity index (χ1n) is 10.0. The van der Waals surface area contributed by atoms with Crippen LogP contribution in [0.25, 0.3) is 0 Å². The Bertz CT molecular complexity index is 1170. The second-order valence-corrected chi connectivity index (χ2v) is 8.44. The fourth-order valence-electron chi connectivity index (χ4n) is 3.11. The predicted octanol–water partition coefficient (Wildman–Crippen LogP) is 5.53. The number of nitro benzene ring substituents is 2. The van der Waals surface area contributed by atoms with E-state index in [2.05, 4.69) is 26.1 Å². The van der Waals surface area contributed by atoms with Gasteiger partial charge in [-0.2, -0.15) is 0 Å². The summed E-state index contributed by atoms with van der Waals surface area (Å²) in [6.07, 6.45) is 0. The van der Waals surface area contributed by atoms with Crippen LogP contribution in [0.1, 0.15) is 48.2 Å². The minimum atomic E-state index is -0.742. The number of amides is 1. The molecule has 0 unspecified atom stereocenters. The molecule has 0 fully saturated rings. The predicted molar refractivity (Wildman–Crippen MR) is 121 cm³/mol. The average molecular weight is 453 g/mol. The van der Waals surface area contributed by atoms with Crippen LogP contribution in [0.15, 0.2) is 52.9 Å². The van der Waals surface area contributed by atoms with Crippen LogP contribution >= 0.6 is 0 Å². The van der Waals surface area contributed by atoms with E-state index in [0.717, 1.165) is 12.1 Å². The number of furan rings is 1. The molecule has 10 nitrogen and oxygen atoms in total. The first kappa shape index (κ1) is 23.5. The number of nitrogens with one attached hydrogen (secondary N) is 1. The van der Waals surface area contributed by atoms with E-state index in [1.807, 2.05) is 24.3 Å². The van der Waals surface area contributed by atoms with Crippen LogP contribution in [0.4, 0.5) is 17.1 Å². The third-order valence-corrected chi connectivity index (χ3v) is 4.99. The zero-order chi connectivity index (χ0) is 24.3. The highest BCUT2D eigenvalue weighted by atomic mass is 16.6. The molecule has 33 heavy (non-hydrogen) atoms. The maximum atomic E-state index is 12.5. The Morgan fingerprint density at radius 1 is 1.00 bits per heavy atom. The number of carbonyl (C=O) groups is 1. The number of nitro groups is 2. The molecule has 0 saturated heterocycles. The third kappa shape index (κ3) is 5.53. The van der Waals surface area contributed by atoms with Gasteiger partial charge in [0.25, 0.3) is 17.3 Å². The second-order valence-electron chi connectivity index (χ2n) is 8.44. The van der Waals surface area contributed by atoms with Crippen molar-refractivity contribution in [2.24, 2.45) is 0 Å². The first-order chi connectivity index (χ1) is 15.5. The van der Waals surface area contributed by atoms with Crippen molar-refractivity contribution < 1.29 is 23.8 Å². The van der Waals surface area contributed by atoms with E-state index in [1.165, 1.54) is 18.6 Å². The van der Waals surface area contributed by atoms with Crippen molar-refractivity contribution in [3.8, 4) is 5.75 Å². The van der Waals surface area contributed by atoms with Gasteiger partial charge in [-0.1, -0.05) is 32.9 Å². The van der Waals surface area contributed by atoms with Crippen molar-refractivity contribution in [2.75, 3.05) is 5.32 Å². The summed E-state index contributed by atoms with van der Waals surface area (Å²) in [5.74, 6) is 0.261. The molecule has 0 atom stereocenters. The van der Waals surface area contributed by atoms with E-state index in [4.69, 9.17) is 9.15 Å². The lowest BCUT2D eigenvalue weighted by atomic mass is 9.87. The zero-order valence-electron chi connectivity index (χ0n) is 18.6. The van der Waals surface area contributed by atoms with E-state index >= 15 is 0 Å². The smallest absolute Gasteiger partial charge is 0.291 e. The summed E-state index contributed by atoms with van der Waals surface area (Å²) >= 11 is 0. The molecule has 172 valence electrons. The fraction of sp³-hybridized carbons (Fsp3) is 0.261. The number of anilines is 1. The molecular weight excluding hydrogens is 430 g/mol. The lowest BCUT2D eigenvalue weighted by molar-refractivity contribution is -0.395. The van der Waals surface area contributed by atoms with Gasteiger partial charge in [-0.25, -0.2) is 0 Å². The zero-order valence-corrected chi connectivity index (χ0v) is 18.6. The highest BCUT2D eigenvalue weighted by Gasteiger charge is 2.24. The van der Waals surface area contributed by atoms with Gasteiger partial charge in [0, 0.05) is 12.1 Å². The molecule has 3 aromatic rings. The highest BCUT2D eigenvalue weighted by Crippen LogP contribution is 2.32. The van der Waals surface area contributed by atoms with Gasteiger partial charge in [-0.15, -0.1) is 0 Å². The number of hydrogen-bond acceptors (Lipinski definition) is 7. The van der Waals surface area contributed by atoms with Gasteiger partial charge in [0.15, 0.2) is 5.76 Å². The van der Waals surface area contributed by atoms with E-state index in [0.29, 0.717) is 11.5 Å². The van der Waals surface area contributed by atoms with E-state index in [9.17, 15) is 25.0 Å². The summed E-state index contributed by atoms with van der Waals surface area (Å²) < 4.78 is 11.2. The van der Waals surface area contributed by atoms with E-state index < -0.39 is 27.1 Å². The van der Waals surface area contributed by atoms with Crippen molar-refractivity contribution in [1.29, 1.82) is 0 Å². The normalized spacial score (nSPS) is 11.2. The molecule has 1 heterocycles. The Hall–Kier alpha value is -4.21. The number of benzene rings is 2. The van der Waals surface area contributed by atoms with Crippen molar-refractivity contribution in [3.05, 3.63) is 91.4 Å². The Labute approximate surface area is 189 Å². The monoisotopic (exact) mass is 453 g/mol. The summed E-state index contributed by atoms with van der Waals surface area (Å²) in [6.45, 7) is 7.71. The van der Waals surface area contributed by atoms with Crippen LogP contribution in [0.2, 0.25) is 0 Å². The lowest BCUT2D eigenvalue weighted by Gasteiger charge is -2.19. The quantitative estimate of drug-likeness (QED) is 0.366.